The summed E-state index contributed by atoms with van der Waals surface area (Å²) in [6, 6.07) is 12.7. The average Bonchev–Trinajstić information content (AvgIpc) is 2.52. The lowest BCUT2D eigenvalue weighted by atomic mass is 10.1. The van der Waals surface area contributed by atoms with Gasteiger partial charge >= 0.3 is 0 Å². The standard InChI is InChI=1S/C17H17Cl3N2O/c1-11(14-7-6-13(18)8-16(14)20)21-10-17(23)22-9-12-4-2-3-5-15(12)19/h2-8,11,21H,9-10H2,1H3,(H,22,23)/t11-/m1/s1. The van der Waals surface area contributed by atoms with E-state index in [4.69, 9.17) is 34.8 Å². The van der Waals surface area contributed by atoms with Crippen molar-refractivity contribution in [3.8, 4) is 0 Å². The third-order valence-electron chi connectivity index (χ3n) is 3.43. The molecule has 0 heterocycles. The average molecular weight is 372 g/mol. The van der Waals surface area contributed by atoms with Gasteiger partial charge in [0.15, 0.2) is 0 Å². The number of hydrogen-bond acceptors (Lipinski definition) is 2. The van der Waals surface area contributed by atoms with Crippen LogP contribution in [-0.2, 0) is 11.3 Å². The zero-order valence-corrected chi connectivity index (χ0v) is 14.8. The van der Waals surface area contributed by atoms with E-state index in [1.807, 2.05) is 31.2 Å². The van der Waals surface area contributed by atoms with Crippen molar-refractivity contribution in [1.82, 2.24) is 10.6 Å². The molecule has 0 aliphatic heterocycles. The van der Waals surface area contributed by atoms with E-state index in [0.717, 1.165) is 11.1 Å². The van der Waals surface area contributed by atoms with E-state index in [1.54, 1.807) is 18.2 Å². The lowest BCUT2D eigenvalue weighted by molar-refractivity contribution is -0.120. The van der Waals surface area contributed by atoms with Crippen LogP contribution in [0.3, 0.4) is 0 Å². The molecule has 2 aromatic rings. The summed E-state index contributed by atoms with van der Waals surface area (Å²) in [6.07, 6.45) is 0. The number of nitrogens with one attached hydrogen (secondary N) is 2. The molecule has 3 nitrogen and oxygen atoms in total. The highest BCUT2D eigenvalue weighted by molar-refractivity contribution is 6.35. The van der Waals surface area contributed by atoms with Crippen LogP contribution in [0.5, 0.6) is 0 Å². The van der Waals surface area contributed by atoms with Gasteiger partial charge in [0.1, 0.15) is 0 Å². The van der Waals surface area contributed by atoms with Crippen molar-refractivity contribution in [1.29, 1.82) is 0 Å². The van der Waals surface area contributed by atoms with Crippen LogP contribution in [0.4, 0.5) is 0 Å². The number of amides is 1. The second-order valence-electron chi connectivity index (χ2n) is 5.14. The first-order valence-corrected chi connectivity index (χ1v) is 8.29. The van der Waals surface area contributed by atoms with Crippen LogP contribution in [0.25, 0.3) is 0 Å². The van der Waals surface area contributed by atoms with Crippen molar-refractivity contribution < 1.29 is 4.79 Å². The Balaban J connectivity index is 1.83. The Labute approximate surface area is 150 Å². The zero-order valence-electron chi connectivity index (χ0n) is 12.6. The summed E-state index contributed by atoms with van der Waals surface area (Å²) < 4.78 is 0. The van der Waals surface area contributed by atoms with Crippen molar-refractivity contribution in [2.45, 2.75) is 19.5 Å². The molecular formula is C17H17Cl3N2O. The van der Waals surface area contributed by atoms with Gasteiger partial charge in [-0.2, -0.15) is 0 Å². The minimum absolute atomic E-state index is 0.0640. The molecule has 0 unspecified atom stereocenters. The maximum Gasteiger partial charge on any atom is 0.234 e. The third-order valence-corrected chi connectivity index (χ3v) is 4.36. The second-order valence-corrected chi connectivity index (χ2v) is 6.39. The van der Waals surface area contributed by atoms with Crippen molar-refractivity contribution >= 4 is 40.7 Å². The minimum atomic E-state index is -0.109. The fourth-order valence-electron chi connectivity index (χ4n) is 2.11. The highest BCUT2D eigenvalue weighted by Crippen LogP contribution is 2.25. The van der Waals surface area contributed by atoms with Gasteiger partial charge in [-0.25, -0.2) is 0 Å². The summed E-state index contributed by atoms with van der Waals surface area (Å²) >= 11 is 18.1. The maximum atomic E-state index is 11.9. The molecular weight excluding hydrogens is 355 g/mol. The molecule has 2 rings (SSSR count). The molecule has 23 heavy (non-hydrogen) atoms. The Morgan fingerprint density at radius 3 is 2.52 bits per heavy atom. The lowest BCUT2D eigenvalue weighted by Gasteiger charge is -2.16. The van der Waals surface area contributed by atoms with Crippen LogP contribution in [0.2, 0.25) is 15.1 Å². The highest BCUT2D eigenvalue weighted by atomic mass is 35.5. The smallest absolute Gasteiger partial charge is 0.234 e. The van der Waals surface area contributed by atoms with Crippen LogP contribution < -0.4 is 10.6 Å². The molecule has 0 bridgehead atoms. The number of carbonyl (C=O) groups is 1. The van der Waals surface area contributed by atoms with E-state index in [2.05, 4.69) is 10.6 Å². The number of halogens is 3. The van der Waals surface area contributed by atoms with Gasteiger partial charge in [0.25, 0.3) is 0 Å². The Bertz CT molecular complexity index is 691. The molecule has 2 N–H and O–H groups in total. The Kier molecular flexibility index (Phi) is 6.72. The molecule has 0 fully saturated rings. The number of benzene rings is 2. The van der Waals surface area contributed by atoms with Crippen LogP contribution in [0.15, 0.2) is 42.5 Å². The molecule has 0 aromatic heterocycles. The molecule has 2 aromatic carbocycles. The predicted molar refractivity (Wildman–Crippen MR) is 96.2 cm³/mol. The van der Waals surface area contributed by atoms with Gasteiger partial charge in [-0.15, -0.1) is 0 Å². The third kappa shape index (κ3) is 5.40. The summed E-state index contributed by atoms with van der Waals surface area (Å²) in [4.78, 5) is 11.9. The first kappa shape index (κ1) is 18.1. The SMILES string of the molecule is C[C@@H](NCC(=O)NCc1ccccc1Cl)c1ccc(Cl)cc1Cl. The molecule has 1 amide bonds. The van der Waals surface area contributed by atoms with Crippen LogP contribution in [-0.4, -0.2) is 12.5 Å². The molecule has 0 saturated carbocycles. The molecule has 0 aliphatic carbocycles. The molecule has 0 spiro atoms. The van der Waals surface area contributed by atoms with Crippen molar-refractivity contribution in [2.24, 2.45) is 0 Å². The lowest BCUT2D eigenvalue weighted by Crippen LogP contribution is -2.34. The fourth-order valence-corrected chi connectivity index (χ4v) is 2.88. The summed E-state index contributed by atoms with van der Waals surface area (Å²) in [6.45, 7) is 2.53. The Morgan fingerprint density at radius 2 is 1.83 bits per heavy atom. The summed E-state index contributed by atoms with van der Waals surface area (Å²) in [5.41, 5.74) is 1.78. The summed E-state index contributed by atoms with van der Waals surface area (Å²) in [5.74, 6) is -0.109. The van der Waals surface area contributed by atoms with Crippen LogP contribution >= 0.6 is 34.8 Å². The second kappa shape index (κ2) is 8.55. The summed E-state index contributed by atoms with van der Waals surface area (Å²) in [7, 11) is 0. The van der Waals surface area contributed by atoms with Gasteiger partial charge in [-0.05, 0) is 36.2 Å². The molecule has 0 radical (unpaired) electrons. The maximum absolute atomic E-state index is 11.9. The first-order chi connectivity index (χ1) is 11.0. The topological polar surface area (TPSA) is 41.1 Å². The zero-order chi connectivity index (χ0) is 16.8. The molecule has 6 heteroatoms. The molecule has 0 saturated heterocycles. The Morgan fingerprint density at radius 1 is 1.09 bits per heavy atom. The van der Waals surface area contributed by atoms with Gasteiger partial charge in [-0.1, -0.05) is 59.1 Å². The predicted octanol–water partition coefficient (Wildman–Crippen LogP) is 4.61. The summed E-state index contributed by atoms with van der Waals surface area (Å²) in [5, 5.41) is 7.77. The molecule has 122 valence electrons. The van der Waals surface area contributed by atoms with E-state index >= 15 is 0 Å². The van der Waals surface area contributed by atoms with Gasteiger partial charge in [0.2, 0.25) is 5.91 Å². The van der Waals surface area contributed by atoms with E-state index in [1.165, 1.54) is 0 Å². The van der Waals surface area contributed by atoms with E-state index in [0.29, 0.717) is 21.6 Å². The number of carbonyl (C=O) groups excluding carboxylic acids is 1. The van der Waals surface area contributed by atoms with Gasteiger partial charge in [0, 0.05) is 27.7 Å². The van der Waals surface area contributed by atoms with Crippen molar-refractivity contribution in [3.63, 3.8) is 0 Å². The monoisotopic (exact) mass is 370 g/mol. The Hall–Kier alpha value is -1.26. The van der Waals surface area contributed by atoms with Gasteiger partial charge in [-0.3, -0.25) is 4.79 Å². The van der Waals surface area contributed by atoms with Gasteiger partial charge < -0.3 is 10.6 Å². The fraction of sp³-hybridized carbons (Fsp3) is 0.235. The molecule has 0 aliphatic rings. The van der Waals surface area contributed by atoms with Crippen LogP contribution in [0, 0.1) is 0 Å². The first-order valence-electron chi connectivity index (χ1n) is 7.16. The van der Waals surface area contributed by atoms with E-state index < -0.39 is 0 Å². The molecule has 1 atom stereocenters. The van der Waals surface area contributed by atoms with E-state index in [-0.39, 0.29) is 18.5 Å². The van der Waals surface area contributed by atoms with Crippen LogP contribution in [0.1, 0.15) is 24.1 Å². The number of hydrogen-bond donors (Lipinski definition) is 2. The van der Waals surface area contributed by atoms with Crippen molar-refractivity contribution in [2.75, 3.05) is 6.54 Å². The van der Waals surface area contributed by atoms with Gasteiger partial charge in [0.05, 0.1) is 6.54 Å². The normalized spacial score (nSPS) is 12.0. The minimum Gasteiger partial charge on any atom is -0.351 e. The van der Waals surface area contributed by atoms with Crippen molar-refractivity contribution in [3.05, 3.63) is 68.7 Å². The number of rotatable bonds is 6. The quantitative estimate of drug-likeness (QED) is 0.778. The largest absolute Gasteiger partial charge is 0.351 e. The van der Waals surface area contributed by atoms with E-state index in [9.17, 15) is 4.79 Å². The highest BCUT2D eigenvalue weighted by Gasteiger charge is 2.11.